The lowest BCUT2D eigenvalue weighted by Crippen LogP contribution is -3.14. The molecule has 0 aliphatic carbocycles. The fourth-order valence-corrected chi connectivity index (χ4v) is 4.47. The topological polar surface area (TPSA) is 55.7 Å². The van der Waals surface area contributed by atoms with Gasteiger partial charge in [0.25, 0.3) is 0 Å². The zero-order valence-corrected chi connectivity index (χ0v) is 14.7. The van der Waals surface area contributed by atoms with Crippen LogP contribution in [-0.2, 0) is 9.53 Å². The molecule has 0 saturated carbocycles. The van der Waals surface area contributed by atoms with Crippen molar-refractivity contribution in [1.82, 2.24) is 10.3 Å². The van der Waals surface area contributed by atoms with E-state index in [1.54, 1.807) is 16.2 Å². The first kappa shape index (κ1) is 16.7. The molecule has 1 amide bonds. The summed E-state index contributed by atoms with van der Waals surface area (Å²) < 4.78 is 7.47. The second kappa shape index (κ2) is 8.63. The van der Waals surface area contributed by atoms with Crippen LogP contribution >= 0.6 is 23.1 Å². The predicted octanol–water partition coefficient (Wildman–Crippen LogP) is 0.810. The predicted molar refractivity (Wildman–Crippen MR) is 94.4 cm³/mol. The molecule has 0 unspecified atom stereocenters. The zero-order chi connectivity index (χ0) is 15.9. The number of hydrogen-bond acceptors (Lipinski definition) is 5. The maximum Gasteiger partial charge on any atom is 0.230 e. The summed E-state index contributed by atoms with van der Waals surface area (Å²) >= 11 is 3.16. The van der Waals surface area contributed by atoms with Gasteiger partial charge in [0.2, 0.25) is 5.91 Å². The van der Waals surface area contributed by atoms with Crippen molar-refractivity contribution in [3.8, 4) is 0 Å². The summed E-state index contributed by atoms with van der Waals surface area (Å²) in [6.07, 6.45) is 1.02. The van der Waals surface area contributed by atoms with Gasteiger partial charge in [-0.3, -0.25) is 4.79 Å². The van der Waals surface area contributed by atoms with E-state index in [4.69, 9.17) is 4.74 Å². The Morgan fingerprint density at radius 2 is 2.17 bits per heavy atom. The number of rotatable bonds is 7. The molecule has 7 heteroatoms. The highest BCUT2D eigenvalue weighted by atomic mass is 32.2. The Bertz CT molecular complexity index is 608. The van der Waals surface area contributed by atoms with Gasteiger partial charge in [0.1, 0.15) is 13.1 Å². The van der Waals surface area contributed by atoms with Gasteiger partial charge in [-0.1, -0.05) is 23.9 Å². The molecule has 0 spiro atoms. The van der Waals surface area contributed by atoms with Gasteiger partial charge < -0.3 is 15.0 Å². The number of carbonyl (C=O) groups excluding carboxylic acids is 1. The molecule has 2 aromatic rings. The Labute approximate surface area is 144 Å². The Morgan fingerprint density at radius 3 is 3.00 bits per heavy atom. The van der Waals surface area contributed by atoms with Crippen LogP contribution in [0, 0.1) is 0 Å². The minimum Gasteiger partial charge on any atom is -0.370 e. The monoisotopic (exact) mass is 352 g/mol. The lowest BCUT2D eigenvalue weighted by Gasteiger charge is -2.23. The van der Waals surface area contributed by atoms with E-state index in [-0.39, 0.29) is 5.91 Å². The summed E-state index contributed by atoms with van der Waals surface area (Å²) in [7, 11) is 0. The molecule has 1 aromatic heterocycles. The van der Waals surface area contributed by atoms with Crippen LogP contribution in [0.2, 0.25) is 0 Å². The smallest absolute Gasteiger partial charge is 0.230 e. The number of benzene rings is 1. The molecule has 1 aliphatic heterocycles. The first-order valence-electron chi connectivity index (χ1n) is 7.97. The van der Waals surface area contributed by atoms with Crippen LogP contribution in [0.4, 0.5) is 0 Å². The summed E-state index contributed by atoms with van der Waals surface area (Å²) in [4.78, 5) is 18.0. The van der Waals surface area contributed by atoms with Crippen molar-refractivity contribution in [3.63, 3.8) is 0 Å². The van der Waals surface area contributed by atoms with Gasteiger partial charge in [-0.05, 0) is 12.1 Å². The average molecular weight is 353 g/mol. The SMILES string of the molecule is O=C(CSc1nc2ccccc2s1)NCCC[NH+]1CCOCC1. The first-order chi connectivity index (χ1) is 11.3. The van der Waals surface area contributed by atoms with Gasteiger partial charge in [-0.2, -0.15) is 0 Å². The maximum atomic E-state index is 11.9. The van der Waals surface area contributed by atoms with Gasteiger partial charge in [0, 0.05) is 13.0 Å². The van der Waals surface area contributed by atoms with Crippen molar-refractivity contribution in [2.75, 3.05) is 45.1 Å². The number of thioether (sulfide) groups is 1. The number of hydrogen-bond donors (Lipinski definition) is 2. The number of nitrogens with zero attached hydrogens (tertiary/aromatic N) is 1. The van der Waals surface area contributed by atoms with E-state index < -0.39 is 0 Å². The summed E-state index contributed by atoms with van der Waals surface area (Å²) in [5, 5.41) is 3.00. The fourth-order valence-electron chi connectivity index (χ4n) is 2.57. The van der Waals surface area contributed by atoms with Gasteiger partial charge in [0.15, 0.2) is 4.34 Å². The van der Waals surface area contributed by atoms with Crippen molar-refractivity contribution in [1.29, 1.82) is 0 Å². The summed E-state index contributed by atoms with van der Waals surface area (Å²) in [5.41, 5.74) is 1.01. The number of ether oxygens (including phenoxy) is 1. The fraction of sp³-hybridized carbons (Fsp3) is 0.500. The van der Waals surface area contributed by atoms with Crippen molar-refractivity contribution >= 4 is 39.2 Å². The molecule has 2 heterocycles. The van der Waals surface area contributed by atoms with E-state index in [9.17, 15) is 4.79 Å². The van der Waals surface area contributed by atoms with E-state index in [1.165, 1.54) is 16.5 Å². The standard InChI is InChI=1S/C16H21N3O2S2/c20-15(17-6-3-7-19-8-10-21-11-9-19)12-22-16-18-13-4-1-2-5-14(13)23-16/h1-2,4-5H,3,6-12H2,(H,17,20)/p+1. The molecular weight excluding hydrogens is 330 g/mol. The van der Waals surface area contributed by atoms with Crippen LogP contribution in [-0.4, -0.2) is 56.0 Å². The molecule has 124 valence electrons. The van der Waals surface area contributed by atoms with Crippen LogP contribution in [0.3, 0.4) is 0 Å². The van der Waals surface area contributed by atoms with Gasteiger partial charge in [-0.25, -0.2) is 4.98 Å². The van der Waals surface area contributed by atoms with Crippen molar-refractivity contribution in [2.45, 2.75) is 10.8 Å². The molecule has 23 heavy (non-hydrogen) atoms. The minimum absolute atomic E-state index is 0.0891. The van der Waals surface area contributed by atoms with Crippen LogP contribution in [0.25, 0.3) is 10.2 Å². The number of aromatic nitrogens is 1. The quantitative estimate of drug-likeness (QED) is 0.572. The minimum atomic E-state index is 0.0891. The average Bonchev–Trinajstić information content (AvgIpc) is 3.01. The number of quaternary nitrogens is 1. The van der Waals surface area contributed by atoms with E-state index in [1.807, 2.05) is 18.2 Å². The van der Waals surface area contributed by atoms with Gasteiger partial charge in [0.05, 0.1) is 35.7 Å². The zero-order valence-electron chi connectivity index (χ0n) is 13.0. The molecule has 1 aromatic carbocycles. The second-order valence-corrected chi connectivity index (χ2v) is 7.81. The highest BCUT2D eigenvalue weighted by Gasteiger charge is 2.13. The van der Waals surface area contributed by atoms with Crippen LogP contribution < -0.4 is 10.2 Å². The second-order valence-electron chi connectivity index (χ2n) is 5.55. The Balaban J connectivity index is 1.33. The highest BCUT2D eigenvalue weighted by Crippen LogP contribution is 2.28. The van der Waals surface area contributed by atoms with E-state index in [0.29, 0.717) is 5.75 Å². The number of carbonyl (C=O) groups is 1. The Morgan fingerprint density at radius 1 is 1.35 bits per heavy atom. The van der Waals surface area contributed by atoms with E-state index in [2.05, 4.69) is 16.4 Å². The molecule has 1 fully saturated rings. The lowest BCUT2D eigenvalue weighted by molar-refractivity contribution is -0.908. The first-order valence-corrected chi connectivity index (χ1v) is 9.78. The van der Waals surface area contributed by atoms with Gasteiger partial charge in [-0.15, -0.1) is 11.3 Å². The summed E-state index contributed by atoms with van der Waals surface area (Å²) in [6, 6.07) is 8.06. The van der Waals surface area contributed by atoms with Crippen molar-refractivity contribution in [3.05, 3.63) is 24.3 Å². The molecule has 5 nitrogen and oxygen atoms in total. The molecule has 0 bridgehead atoms. The number of nitrogens with one attached hydrogen (secondary N) is 2. The lowest BCUT2D eigenvalue weighted by atomic mass is 10.3. The third kappa shape index (κ3) is 5.17. The number of para-hydroxylation sites is 1. The molecule has 1 aliphatic rings. The molecule has 0 radical (unpaired) electrons. The number of thiazole rings is 1. The normalized spacial score (nSPS) is 15.8. The number of morpholine rings is 1. The van der Waals surface area contributed by atoms with Crippen molar-refractivity contribution < 1.29 is 14.4 Å². The highest BCUT2D eigenvalue weighted by molar-refractivity contribution is 8.01. The third-order valence-electron chi connectivity index (χ3n) is 3.83. The number of amides is 1. The maximum absolute atomic E-state index is 11.9. The van der Waals surface area contributed by atoms with Crippen LogP contribution in [0.1, 0.15) is 6.42 Å². The van der Waals surface area contributed by atoms with E-state index >= 15 is 0 Å². The molecule has 1 saturated heterocycles. The van der Waals surface area contributed by atoms with E-state index in [0.717, 1.165) is 55.7 Å². The molecule has 2 N–H and O–H groups in total. The number of fused-ring (bicyclic) bond motifs is 1. The molecule has 3 rings (SSSR count). The Kier molecular flexibility index (Phi) is 6.27. The van der Waals surface area contributed by atoms with Gasteiger partial charge >= 0.3 is 0 Å². The Hall–Kier alpha value is -1.15. The van der Waals surface area contributed by atoms with Crippen LogP contribution in [0.5, 0.6) is 0 Å². The summed E-state index contributed by atoms with van der Waals surface area (Å²) in [5.74, 6) is 0.524. The summed E-state index contributed by atoms with van der Waals surface area (Å²) in [6.45, 7) is 5.75. The third-order valence-corrected chi connectivity index (χ3v) is 6.01. The molecular formula is C16H22N3O2S2+. The van der Waals surface area contributed by atoms with Crippen LogP contribution in [0.15, 0.2) is 28.6 Å². The largest absolute Gasteiger partial charge is 0.370 e. The van der Waals surface area contributed by atoms with Crippen molar-refractivity contribution in [2.24, 2.45) is 0 Å². The molecule has 0 atom stereocenters.